The third-order valence-electron chi connectivity index (χ3n) is 12.9. The Hall–Kier alpha value is -3.24. The molecule has 61 heavy (non-hydrogen) atoms. The highest BCUT2D eigenvalue weighted by Gasteiger charge is 2.32. The third-order valence-corrected chi connectivity index (χ3v) is 12.9. The summed E-state index contributed by atoms with van der Waals surface area (Å²) in [7, 11) is 0. The zero-order valence-corrected chi connectivity index (χ0v) is 38.9. The number of aryl methyl sites for hydroxylation is 6. The first-order valence-corrected chi connectivity index (χ1v) is 23.8. The fourth-order valence-electron chi connectivity index (χ4n) is 9.78. The van der Waals surface area contributed by atoms with Crippen LogP contribution in [0.15, 0.2) is 36.4 Å². The van der Waals surface area contributed by atoms with E-state index in [-0.39, 0.29) is 6.71 Å². The summed E-state index contributed by atoms with van der Waals surface area (Å²) in [6.07, 6.45) is 0. The van der Waals surface area contributed by atoms with Gasteiger partial charge in [0, 0.05) is 174 Å². The minimum absolute atomic E-state index is 0.101. The van der Waals surface area contributed by atoms with Crippen LogP contribution in [0.3, 0.4) is 0 Å². The first-order valence-electron chi connectivity index (χ1n) is 23.8. The van der Waals surface area contributed by atoms with E-state index in [0.717, 1.165) is 157 Å². The topological polar surface area (TPSA) is 118 Å². The molecule has 0 bridgehead atoms. The molecule has 0 spiro atoms. The van der Waals surface area contributed by atoms with Crippen LogP contribution in [0.2, 0.25) is 0 Å². The maximum Gasteiger partial charge on any atom is 0.243 e. The van der Waals surface area contributed by atoms with Crippen molar-refractivity contribution in [3.63, 3.8) is 0 Å². The maximum absolute atomic E-state index is 3.67. The van der Waals surface area contributed by atoms with Crippen molar-refractivity contribution in [2.45, 2.75) is 41.5 Å². The Labute approximate surface area is 370 Å². The lowest BCUT2D eigenvalue weighted by Crippen LogP contribution is -2.57. The van der Waals surface area contributed by atoms with Gasteiger partial charge in [-0.05, 0) is 77.9 Å². The van der Waals surface area contributed by atoms with Crippen molar-refractivity contribution in [1.29, 1.82) is 0 Å². The van der Waals surface area contributed by atoms with E-state index in [2.05, 4.69) is 140 Å². The summed E-state index contributed by atoms with van der Waals surface area (Å²) >= 11 is 0. The molecule has 13 heteroatoms. The predicted octanol–water partition coefficient (Wildman–Crippen LogP) is -0.180. The Morgan fingerprint density at radius 3 is 0.623 bits per heavy atom. The Balaban J connectivity index is 1.40. The molecule has 12 nitrogen and oxygen atoms in total. The highest BCUT2D eigenvalue weighted by molar-refractivity contribution is 6.97. The lowest BCUT2D eigenvalue weighted by molar-refractivity contribution is 0.557. The molecule has 0 radical (unpaired) electrons. The van der Waals surface area contributed by atoms with E-state index in [1.54, 1.807) is 0 Å². The van der Waals surface area contributed by atoms with E-state index in [9.17, 15) is 0 Å². The van der Waals surface area contributed by atoms with E-state index in [0.29, 0.717) is 0 Å². The van der Waals surface area contributed by atoms with Crippen LogP contribution in [0.5, 0.6) is 0 Å². The van der Waals surface area contributed by atoms with Gasteiger partial charge in [-0.25, -0.2) is 0 Å². The molecular weight excluding hydrogens is 755 g/mol. The van der Waals surface area contributed by atoms with Crippen LogP contribution in [0.25, 0.3) is 0 Å². The van der Waals surface area contributed by atoms with Gasteiger partial charge in [0.05, 0.1) is 0 Å². The van der Waals surface area contributed by atoms with Crippen molar-refractivity contribution in [3.05, 3.63) is 69.8 Å². The Kier molecular flexibility index (Phi) is 19.5. The molecular formula is C48H81BN12. The van der Waals surface area contributed by atoms with Crippen molar-refractivity contribution >= 4 is 40.2 Å². The molecule has 336 valence electrons. The van der Waals surface area contributed by atoms with E-state index in [4.69, 9.17) is 0 Å². The van der Waals surface area contributed by atoms with Gasteiger partial charge in [0.15, 0.2) is 0 Å². The standard InChI is InChI=1S/C48H81BN12/c1-37-31-43(59-25-19-53-13-7-50-8-14-54-20-26-59)32-38(2)46(37)49(47-39(3)33-44(34-40(47)4)60-27-21-55-15-9-51-10-16-56-22-28-60)48-41(5)35-45(36-42(48)6)61-29-23-57-17-11-52-12-18-58-24-30-61/h31-36,50-58H,7-30H2,1-6H3. The Morgan fingerprint density at radius 1 is 0.279 bits per heavy atom. The molecule has 0 atom stereocenters. The van der Waals surface area contributed by atoms with Gasteiger partial charge in [0.1, 0.15) is 0 Å². The average molecular weight is 837 g/mol. The molecule has 3 aliphatic rings. The molecule has 0 aliphatic carbocycles. The minimum atomic E-state index is 0.101. The molecule has 3 fully saturated rings. The monoisotopic (exact) mass is 837 g/mol. The second-order valence-electron chi connectivity index (χ2n) is 17.6. The first-order chi connectivity index (χ1) is 29.8. The maximum atomic E-state index is 3.67. The van der Waals surface area contributed by atoms with E-state index < -0.39 is 0 Å². The molecule has 3 aromatic rings. The summed E-state index contributed by atoms with van der Waals surface area (Å²) in [6, 6.07) is 14.9. The van der Waals surface area contributed by atoms with Crippen LogP contribution in [0.4, 0.5) is 17.1 Å². The quantitative estimate of drug-likeness (QED) is 0.154. The van der Waals surface area contributed by atoms with Crippen molar-refractivity contribution in [3.8, 4) is 0 Å². The minimum Gasteiger partial charge on any atom is -0.369 e. The summed E-state index contributed by atoms with van der Waals surface area (Å²) < 4.78 is 0. The molecule has 9 N–H and O–H groups in total. The van der Waals surface area contributed by atoms with Gasteiger partial charge in [-0.2, -0.15) is 0 Å². The number of rotatable bonds is 6. The van der Waals surface area contributed by atoms with Gasteiger partial charge in [-0.1, -0.05) is 49.8 Å². The second-order valence-corrected chi connectivity index (χ2v) is 17.6. The van der Waals surface area contributed by atoms with Crippen LogP contribution in [-0.2, 0) is 0 Å². The number of nitrogens with zero attached hydrogens (tertiary/aromatic N) is 3. The molecule has 3 saturated heterocycles. The molecule has 0 unspecified atom stereocenters. The zero-order chi connectivity index (χ0) is 42.8. The number of benzene rings is 3. The van der Waals surface area contributed by atoms with E-state index in [1.807, 2.05) is 0 Å². The number of nitrogens with one attached hydrogen (secondary N) is 9. The largest absolute Gasteiger partial charge is 0.369 e. The summed E-state index contributed by atoms with van der Waals surface area (Å²) in [4.78, 5) is 7.75. The smallest absolute Gasteiger partial charge is 0.243 e. The Morgan fingerprint density at radius 2 is 0.443 bits per heavy atom. The summed E-state index contributed by atoms with van der Waals surface area (Å²) in [5, 5.41) is 32.6. The first kappa shape index (κ1) is 47.2. The number of hydrogen-bond acceptors (Lipinski definition) is 12. The summed E-state index contributed by atoms with van der Waals surface area (Å²) in [5.74, 6) is 0. The fourth-order valence-corrected chi connectivity index (χ4v) is 9.78. The van der Waals surface area contributed by atoms with Gasteiger partial charge in [0.2, 0.25) is 6.71 Å². The van der Waals surface area contributed by atoms with Crippen LogP contribution in [-0.4, -0.2) is 164 Å². The Bertz CT molecular complexity index is 1480. The fraction of sp³-hybridized carbons (Fsp3) is 0.625. The molecule has 0 aromatic heterocycles. The molecule has 3 heterocycles. The lowest BCUT2D eigenvalue weighted by Gasteiger charge is -2.32. The van der Waals surface area contributed by atoms with Crippen molar-refractivity contribution in [2.24, 2.45) is 0 Å². The van der Waals surface area contributed by atoms with Gasteiger partial charge in [-0.15, -0.1) is 0 Å². The van der Waals surface area contributed by atoms with Gasteiger partial charge < -0.3 is 62.6 Å². The van der Waals surface area contributed by atoms with Crippen LogP contribution >= 0.6 is 0 Å². The van der Waals surface area contributed by atoms with Gasteiger partial charge in [0.25, 0.3) is 0 Å². The predicted molar refractivity (Wildman–Crippen MR) is 265 cm³/mol. The third kappa shape index (κ3) is 13.9. The molecule has 3 aromatic carbocycles. The summed E-state index contributed by atoms with van der Waals surface area (Å²) in [5.41, 5.74) is 16.5. The lowest BCUT2D eigenvalue weighted by atomic mass is 9.33. The molecule has 6 rings (SSSR count). The SMILES string of the molecule is Cc1cc(N2CCNCCNCCNCC2)cc(C)c1B(c1c(C)cc(N2CCNCCNCCNCC2)cc1C)c1c(C)cc(N2CCNCCNCCNCC2)cc1C. The molecule has 0 amide bonds. The van der Waals surface area contributed by atoms with Crippen molar-refractivity contribution < 1.29 is 0 Å². The molecule has 3 aliphatic heterocycles. The van der Waals surface area contributed by atoms with Gasteiger partial charge in [-0.3, -0.25) is 0 Å². The van der Waals surface area contributed by atoms with Crippen LogP contribution in [0.1, 0.15) is 33.4 Å². The zero-order valence-electron chi connectivity index (χ0n) is 38.9. The number of anilines is 3. The highest BCUT2D eigenvalue weighted by Crippen LogP contribution is 2.24. The van der Waals surface area contributed by atoms with E-state index >= 15 is 0 Å². The van der Waals surface area contributed by atoms with Crippen LogP contribution < -0.4 is 78.9 Å². The molecule has 0 saturated carbocycles. The number of hydrogen-bond donors (Lipinski definition) is 9. The van der Waals surface area contributed by atoms with Gasteiger partial charge >= 0.3 is 0 Å². The van der Waals surface area contributed by atoms with E-state index in [1.165, 1.54) is 66.8 Å². The van der Waals surface area contributed by atoms with Crippen LogP contribution in [0, 0.1) is 41.5 Å². The second kappa shape index (κ2) is 25.2. The van der Waals surface area contributed by atoms with Crippen molar-refractivity contribution in [2.75, 3.05) is 172 Å². The summed E-state index contributed by atoms with van der Waals surface area (Å²) in [6.45, 7) is 38.1. The average Bonchev–Trinajstić information content (AvgIpc) is 3.20. The normalized spacial score (nSPS) is 19.7. The highest BCUT2D eigenvalue weighted by atomic mass is 15.2. The van der Waals surface area contributed by atoms with Crippen molar-refractivity contribution in [1.82, 2.24) is 47.9 Å².